The van der Waals surface area contributed by atoms with Crippen molar-refractivity contribution in [1.29, 1.82) is 0 Å². The summed E-state index contributed by atoms with van der Waals surface area (Å²) in [4.78, 5) is 10.4. The van der Waals surface area contributed by atoms with E-state index in [0.29, 0.717) is 6.61 Å². The third-order valence-corrected chi connectivity index (χ3v) is 2.71. The van der Waals surface area contributed by atoms with Crippen LogP contribution in [0.1, 0.15) is 65.2 Å². The molecule has 0 radical (unpaired) electrons. The zero-order chi connectivity index (χ0) is 12.2. The van der Waals surface area contributed by atoms with Crippen molar-refractivity contribution >= 4 is 5.97 Å². The van der Waals surface area contributed by atoms with Gasteiger partial charge in [-0.25, -0.2) is 4.79 Å². The van der Waals surface area contributed by atoms with Crippen LogP contribution < -0.4 is 0 Å². The van der Waals surface area contributed by atoms with Gasteiger partial charge in [-0.1, -0.05) is 51.9 Å². The topological polar surface area (TPSA) is 46.5 Å². The molecule has 0 rings (SSSR count). The molecule has 0 aromatic rings. The molecule has 0 aliphatic rings. The van der Waals surface area contributed by atoms with Gasteiger partial charge in [0.15, 0.2) is 6.10 Å². The first-order valence-electron chi connectivity index (χ1n) is 6.53. The molecule has 96 valence electrons. The molecule has 0 aliphatic heterocycles. The van der Waals surface area contributed by atoms with E-state index < -0.39 is 12.1 Å². The van der Waals surface area contributed by atoms with E-state index in [9.17, 15) is 4.79 Å². The predicted octanol–water partition coefficient (Wildman–Crippen LogP) is 3.62. The molecule has 3 heteroatoms. The summed E-state index contributed by atoms with van der Waals surface area (Å²) in [5.74, 6) is -0.875. The molecular formula is C13H26O3. The van der Waals surface area contributed by atoms with Gasteiger partial charge in [0.25, 0.3) is 0 Å². The minimum absolute atomic E-state index is 0.572. The second-order valence-corrected chi connectivity index (χ2v) is 4.33. The van der Waals surface area contributed by atoms with Crippen LogP contribution in [0.4, 0.5) is 0 Å². The Morgan fingerprint density at radius 3 is 2.06 bits per heavy atom. The first kappa shape index (κ1) is 15.4. The molecule has 0 fully saturated rings. The lowest BCUT2D eigenvalue weighted by atomic mass is 10.1. The lowest BCUT2D eigenvalue weighted by molar-refractivity contribution is -0.149. The van der Waals surface area contributed by atoms with E-state index in [1.165, 1.54) is 38.5 Å². The second kappa shape index (κ2) is 10.9. The van der Waals surface area contributed by atoms with Gasteiger partial charge >= 0.3 is 5.97 Å². The maximum absolute atomic E-state index is 10.4. The van der Waals surface area contributed by atoms with E-state index in [0.717, 1.165) is 12.8 Å². The lowest BCUT2D eigenvalue weighted by Crippen LogP contribution is -2.20. The first-order chi connectivity index (χ1) is 7.68. The van der Waals surface area contributed by atoms with E-state index >= 15 is 0 Å². The Kier molecular flexibility index (Phi) is 10.5. The summed E-state index contributed by atoms with van der Waals surface area (Å²) in [6.45, 7) is 4.37. The van der Waals surface area contributed by atoms with Crippen LogP contribution in [0.25, 0.3) is 0 Å². The third kappa shape index (κ3) is 9.97. The standard InChI is InChI=1S/C13H26O3/c1-3-4-5-6-7-8-9-10-11-16-12(2)13(14)15/h12H,3-11H2,1-2H3,(H,14,15)/t12-/m0/s1. The van der Waals surface area contributed by atoms with Crippen LogP contribution in [0, 0.1) is 0 Å². The molecule has 0 aliphatic carbocycles. The number of aliphatic carboxylic acids is 1. The number of hydrogen-bond donors (Lipinski definition) is 1. The first-order valence-corrected chi connectivity index (χ1v) is 6.53. The molecule has 0 amide bonds. The van der Waals surface area contributed by atoms with E-state index in [2.05, 4.69) is 6.92 Å². The van der Waals surface area contributed by atoms with Gasteiger partial charge in [0, 0.05) is 6.61 Å². The van der Waals surface area contributed by atoms with Crippen molar-refractivity contribution in [3.8, 4) is 0 Å². The van der Waals surface area contributed by atoms with Gasteiger partial charge in [-0.2, -0.15) is 0 Å². The Balaban J connectivity index is 3.07. The summed E-state index contributed by atoms with van der Waals surface area (Å²) in [6.07, 6.45) is 9.33. The maximum Gasteiger partial charge on any atom is 0.332 e. The van der Waals surface area contributed by atoms with Crippen LogP contribution in [0.2, 0.25) is 0 Å². The Hall–Kier alpha value is -0.570. The molecule has 1 atom stereocenters. The van der Waals surface area contributed by atoms with Crippen molar-refractivity contribution in [2.75, 3.05) is 6.61 Å². The number of hydrogen-bond acceptors (Lipinski definition) is 2. The van der Waals surface area contributed by atoms with Crippen molar-refractivity contribution in [2.45, 2.75) is 71.3 Å². The highest BCUT2D eigenvalue weighted by atomic mass is 16.5. The van der Waals surface area contributed by atoms with E-state index in [1.807, 2.05) is 0 Å². The number of carbonyl (C=O) groups is 1. The van der Waals surface area contributed by atoms with E-state index in [1.54, 1.807) is 6.92 Å². The number of carboxylic acid groups (broad SMARTS) is 1. The van der Waals surface area contributed by atoms with Gasteiger partial charge in [-0.05, 0) is 13.3 Å². The number of unbranched alkanes of at least 4 members (excludes halogenated alkanes) is 7. The van der Waals surface area contributed by atoms with Gasteiger partial charge in [0.2, 0.25) is 0 Å². The summed E-state index contributed by atoms with van der Waals surface area (Å²) >= 11 is 0. The normalized spacial score (nSPS) is 12.6. The van der Waals surface area contributed by atoms with Crippen molar-refractivity contribution in [3.63, 3.8) is 0 Å². The average Bonchev–Trinajstić information content (AvgIpc) is 2.26. The number of rotatable bonds is 11. The highest BCUT2D eigenvalue weighted by molar-refractivity contribution is 5.71. The van der Waals surface area contributed by atoms with Crippen LogP contribution in [0.5, 0.6) is 0 Å². The fourth-order valence-electron chi connectivity index (χ4n) is 1.57. The minimum Gasteiger partial charge on any atom is -0.479 e. The third-order valence-electron chi connectivity index (χ3n) is 2.71. The fraction of sp³-hybridized carbons (Fsp3) is 0.923. The van der Waals surface area contributed by atoms with Gasteiger partial charge < -0.3 is 9.84 Å². The molecule has 1 N–H and O–H groups in total. The van der Waals surface area contributed by atoms with Gasteiger partial charge in [0.05, 0.1) is 0 Å². The van der Waals surface area contributed by atoms with Crippen LogP contribution in [-0.4, -0.2) is 23.8 Å². The number of ether oxygens (including phenoxy) is 1. The van der Waals surface area contributed by atoms with Crippen LogP contribution in [0.15, 0.2) is 0 Å². The molecule has 0 aromatic heterocycles. The zero-order valence-electron chi connectivity index (χ0n) is 10.7. The molecule has 0 saturated carbocycles. The van der Waals surface area contributed by atoms with Crippen molar-refractivity contribution in [2.24, 2.45) is 0 Å². The van der Waals surface area contributed by atoms with Crippen LogP contribution in [-0.2, 0) is 9.53 Å². The van der Waals surface area contributed by atoms with Crippen molar-refractivity contribution in [1.82, 2.24) is 0 Å². The summed E-state index contributed by atoms with van der Waals surface area (Å²) in [5.41, 5.74) is 0. The summed E-state index contributed by atoms with van der Waals surface area (Å²) in [6, 6.07) is 0. The largest absolute Gasteiger partial charge is 0.479 e. The molecule has 0 unspecified atom stereocenters. The quantitative estimate of drug-likeness (QED) is 0.551. The van der Waals surface area contributed by atoms with E-state index in [4.69, 9.17) is 9.84 Å². The second-order valence-electron chi connectivity index (χ2n) is 4.33. The highest BCUT2D eigenvalue weighted by Crippen LogP contribution is 2.08. The number of carboxylic acids is 1. The Morgan fingerprint density at radius 1 is 1.06 bits per heavy atom. The summed E-state index contributed by atoms with van der Waals surface area (Å²) < 4.78 is 5.15. The van der Waals surface area contributed by atoms with Crippen LogP contribution in [0.3, 0.4) is 0 Å². The summed E-state index contributed by atoms with van der Waals surface area (Å²) in [7, 11) is 0. The molecule has 0 spiro atoms. The Morgan fingerprint density at radius 2 is 1.56 bits per heavy atom. The molecule has 16 heavy (non-hydrogen) atoms. The Bertz CT molecular complexity index is 169. The zero-order valence-corrected chi connectivity index (χ0v) is 10.7. The predicted molar refractivity (Wildman–Crippen MR) is 65.7 cm³/mol. The molecular weight excluding hydrogens is 204 g/mol. The van der Waals surface area contributed by atoms with Crippen molar-refractivity contribution in [3.05, 3.63) is 0 Å². The SMILES string of the molecule is CCCCCCCCCCO[C@@H](C)C(=O)O. The molecule has 3 nitrogen and oxygen atoms in total. The molecule has 0 saturated heterocycles. The highest BCUT2D eigenvalue weighted by Gasteiger charge is 2.09. The van der Waals surface area contributed by atoms with Gasteiger partial charge in [-0.3, -0.25) is 0 Å². The summed E-state index contributed by atoms with van der Waals surface area (Å²) in [5, 5.41) is 8.58. The van der Waals surface area contributed by atoms with Crippen molar-refractivity contribution < 1.29 is 14.6 Å². The average molecular weight is 230 g/mol. The van der Waals surface area contributed by atoms with Crippen LogP contribution >= 0.6 is 0 Å². The minimum atomic E-state index is -0.875. The fourth-order valence-corrected chi connectivity index (χ4v) is 1.57. The smallest absolute Gasteiger partial charge is 0.332 e. The molecule has 0 heterocycles. The lowest BCUT2D eigenvalue weighted by Gasteiger charge is -2.07. The Labute approximate surface area is 99.2 Å². The molecule has 0 aromatic carbocycles. The van der Waals surface area contributed by atoms with E-state index in [-0.39, 0.29) is 0 Å². The van der Waals surface area contributed by atoms with Gasteiger partial charge in [-0.15, -0.1) is 0 Å². The molecule has 0 bridgehead atoms. The monoisotopic (exact) mass is 230 g/mol. The maximum atomic E-state index is 10.4. The van der Waals surface area contributed by atoms with Gasteiger partial charge in [0.1, 0.15) is 0 Å².